The first kappa shape index (κ1) is 12.7. The van der Waals surface area contributed by atoms with Gasteiger partial charge in [0.15, 0.2) is 5.82 Å². The third-order valence-electron chi connectivity index (χ3n) is 2.24. The molecule has 0 fully saturated rings. The van der Waals surface area contributed by atoms with E-state index in [0.29, 0.717) is 27.3 Å². The van der Waals surface area contributed by atoms with Crippen molar-refractivity contribution in [3.05, 3.63) is 34.1 Å². The van der Waals surface area contributed by atoms with Gasteiger partial charge in [0.2, 0.25) is 0 Å². The van der Waals surface area contributed by atoms with Crippen molar-refractivity contribution in [2.75, 3.05) is 0 Å². The predicted molar refractivity (Wildman–Crippen MR) is 68.6 cm³/mol. The summed E-state index contributed by atoms with van der Waals surface area (Å²) in [6.07, 6.45) is 0.726. The summed E-state index contributed by atoms with van der Waals surface area (Å²) in [6.45, 7) is 1.94. The summed E-state index contributed by atoms with van der Waals surface area (Å²) < 4.78 is 5.12. The Bertz CT molecular complexity index is 527. The maximum absolute atomic E-state index is 6.03. The van der Waals surface area contributed by atoms with E-state index in [9.17, 15) is 0 Å². The molecule has 0 bridgehead atoms. The van der Waals surface area contributed by atoms with Crippen LogP contribution >= 0.6 is 34.8 Å². The van der Waals surface area contributed by atoms with Gasteiger partial charge < -0.3 is 4.52 Å². The molecule has 0 amide bonds. The second kappa shape index (κ2) is 5.25. The van der Waals surface area contributed by atoms with Crippen molar-refractivity contribution in [1.29, 1.82) is 0 Å². The normalized spacial score (nSPS) is 12.7. The Hall–Kier alpha value is -0.770. The van der Waals surface area contributed by atoms with Crippen molar-refractivity contribution in [3.8, 4) is 11.5 Å². The summed E-state index contributed by atoms with van der Waals surface area (Å²) >= 11 is 17.9. The van der Waals surface area contributed by atoms with E-state index in [2.05, 4.69) is 10.1 Å². The van der Waals surface area contributed by atoms with Gasteiger partial charge >= 0.3 is 0 Å². The molecule has 1 unspecified atom stereocenters. The van der Waals surface area contributed by atoms with Gasteiger partial charge in [0.05, 0.1) is 16.0 Å². The molecule has 0 N–H and O–H groups in total. The van der Waals surface area contributed by atoms with E-state index in [1.165, 1.54) is 0 Å². The third kappa shape index (κ3) is 2.73. The lowest BCUT2D eigenvalue weighted by molar-refractivity contribution is 0.421. The smallest absolute Gasteiger partial charge is 0.259 e. The quantitative estimate of drug-likeness (QED) is 0.767. The molecule has 2 rings (SSSR count). The highest BCUT2D eigenvalue weighted by molar-refractivity contribution is 6.35. The monoisotopic (exact) mass is 290 g/mol. The lowest BCUT2D eigenvalue weighted by atomic mass is 10.2. The largest absolute Gasteiger partial charge is 0.334 e. The van der Waals surface area contributed by atoms with Crippen LogP contribution in [0, 0.1) is 0 Å². The zero-order valence-corrected chi connectivity index (χ0v) is 11.2. The van der Waals surface area contributed by atoms with Crippen LogP contribution in [0.15, 0.2) is 22.7 Å². The molecular weight excluding hydrogens is 282 g/mol. The lowest BCUT2D eigenvalue weighted by Gasteiger charge is -1.99. The molecule has 1 aromatic heterocycles. The molecule has 0 saturated carbocycles. The molecule has 1 atom stereocenters. The molecule has 17 heavy (non-hydrogen) atoms. The highest BCUT2D eigenvalue weighted by Crippen LogP contribution is 2.31. The summed E-state index contributed by atoms with van der Waals surface area (Å²) in [5.41, 5.74) is 0.609. The van der Waals surface area contributed by atoms with Crippen LogP contribution in [0.1, 0.15) is 24.5 Å². The molecule has 0 aliphatic carbocycles. The second-order valence-corrected chi connectivity index (χ2v) is 4.83. The Labute approximate surface area is 114 Å². The minimum absolute atomic E-state index is 0.259. The molecule has 1 aromatic carbocycles. The van der Waals surface area contributed by atoms with Crippen LogP contribution < -0.4 is 0 Å². The Morgan fingerprint density at radius 3 is 2.82 bits per heavy atom. The van der Waals surface area contributed by atoms with Crippen molar-refractivity contribution < 1.29 is 4.52 Å². The summed E-state index contributed by atoms with van der Waals surface area (Å²) in [4.78, 5) is 4.20. The van der Waals surface area contributed by atoms with E-state index in [-0.39, 0.29) is 5.38 Å². The molecule has 0 aliphatic heterocycles. The van der Waals surface area contributed by atoms with Crippen molar-refractivity contribution >= 4 is 34.8 Å². The number of benzene rings is 1. The van der Waals surface area contributed by atoms with Crippen LogP contribution in [-0.2, 0) is 0 Å². The van der Waals surface area contributed by atoms with Crippen LogP contribution in [0.2, 0.25) is 10.0 Å². The Balaban J connectivity index is 2.40. The van der Waals surface area contributed by atoms with Gasteiger partial charge in [-0.05, 0) is 24.6 Å². The van der Waals surface area contributed by atoms with Crippen molar-refractivity contribution in [1.82, 2.24) is 10.1 Å². The van der Waals surface area contributed by atoms with E-state index < -0.39 is 0 Å². The van der Waals surface area contributed by atoms with Crippen molar-refractivity contribution in [2.45, 2.75) is 18.7 Å². The van der Waals surface area contributed by atoms with Gasteiger partial charge in [0.1, 0.15) is 0 Å². The number of aromatic nitrogens is 2. The third-order valence-corrected chi connectivity index (χ3v) is 3.31. The topological polar surface area (TPSA) is 38.9 Å². The molecule has 1 heterocycles. The molecule has 0 aliphatic rings. The standard InChI is InChI=1S/C11H9Cl3N2O/c1-2-8(13)10-15-11(17-16-10)7-5-6(12)3-4-9(7)14/h3-5,8H,2H2,1H3. The lowest BCUT2D eigenvalue weighted by Crippen LogP contribution is -1.90. The highest BCUT2D eigenvalue weighted by Gasteiger charge is 2.16. The fourth-order valence-corrected chi connectivity index (χ4v) is 1.77. The summed E-state index contributed by atoms with van der Waals surface area (Å²) in [5.74, 6) is 0.784. The number of nitrogens with zero attached hydrogens (tertiary/aromatic N) is 2. The van der Waals surface area contributed by atoms with Crippen molar-refractivity contribution in [2.24, 2.45) is 0 Å². The molecular formula is C11H9Cl3N2O. The average molecular weight is 292 g/mol. The first-order valence-corrected chi connectivity index (χ1v) is 6.24. The Morgan fingerprint density at radius 1 is 1.35 bits per heavy atom. The van der Waals surface area contributed by atoms with Gasteiger partial charge in [-0.3, -0.25) is 0 Å². The van der Waals surface area contributed by atoms with Crippen LogP contribution in [0.4, 0.5) is 0 Å². The van der Waals surface area contributed by atoms with Crippen LogP contribution in [-0.4, -0.2) is 10.1 Å². The number of hydrogen-bond donors (Lipinski definition) is 0. The predicted octanol–water partition coefficient (Wildman–Crippen LogP) is 4.73. The van der Waals surface area contributed by atoms with Gasteiger partial charge in [-0.1, -0.05) is 35.3 Å². The summed E-state index contributed by atoms with van der Waals surface area (Å²) in [5, 5.41) is 4.62. The summed E-state index contributed by atoms with van der Waals surface area (Å²) in [6, 6.07) is 5.05. The first-order valence-electron chi connectivity index (χ1n) is 5.05. The zero-order chi connectivity index (χ0) is 12.4. The molecule has 3 nitrogen and oxygen atoms in total. The molecule has 90 valence electrons. The second-order valence-electron chi connectivity index (χ2n) is 3.46. The minimum Gasteiger partial charge on any atom is -0.334 e. The molecule has 2 aromatic rings. The Kier molecular flexibility index (Phi) is 3.92. The first-order chi connectivity index (χ1) is 8.11. The van der Waals surface area contributed by atoms with Crippen molar-refractivity contribution in [3.63, 3.8) is 0 Å². The van der Waals surface area contributed by atoms with E-state index in [0.717, 1.165) is 6.42 Å². The number of alkyl halides is 1. The SMILES string of the molecule is CCC(Cl)c1noc(-c2cc(Cl)ccc2Cl)n1. The molecule has 0 radical (unpaired) electrons. The van der Waals surface area contributed by atoms with Gasteiger partial charge in [0.25, 0.3) is 5.89 Å². The fourth-order valence-electron chi connectivity index (χ4n) is 1.32. The van der Waals surface area contributed by atoms with Gasteiger partial charge in [-0.25, -0.2) is 0 Å². The van der Waals surface area contributed by atoms with Crippen LogP contribution in [0.25, 0.3) is 11.5 Å². The Morgan fingerprint density at radius 2 is 2.12 bits per heavy atom. The van der Waals surface area contributed by atoms with E-state index in [1.807, 2.05) is 6.92 Å². The maximum Gasteiger partial charge on any atom is 0.259 e. The minimum atomic E-state index is -0.259. The molecule has 0 saturated heterocycles. The number of hydrogen-bond acceptors (Lipinski definition) is 3. The van der Waals surface area contributed by atoms with Crippen LogP contribution in [0.5, 0.6) is 0 Å². The molecule has 0 spiro atoms. The van der Waals surface area contributed by atoms with Gasteiger partial charge in [0, 0.05) is 5.02 Å². The van der Waals surface area contributed by atoms with E-state index in [4.69, 9.17) is 39.3 Å². The average Bonchev–Trinajstić information content (AvgIpc) is 2.80. The van der Waals surface area contributed by atoms with Gasteiger partial charge in [-0.15, -0.1) is 11.6 Å². The van der Waals surface area contributed by atoms with Crippen LogP contribution in [0.3, 0.4) is 0 Å². The highest BCUT2D eigenvalue weighted by atomic mass is 35.5. The summed E-state index contributed by atoms with van der Waals surface area (Å²) in [7, 11) is 0. The number of halogens is 3. The zero-order valence-electron chi connectivity index (χ0n) is 8.95. The molecule has 6 heteroatoms. The fraction of sp³-hybridized carbons (Fsp3) is 0.273. The van der Waals surface area contributed by atoms with E-state index >= 15 is 0 Å². The maximum atomic E-state index is 6.03. The van der Waals surface area contributed by atoms with Gasteiger partial charge in [-0.2, -0.15) is 4.98 Å². The number of rotatable bonds is 3. The van der Waals surface area contributed by atoms with E-state index in [1.54, 1.807) is 18.2 Å².